The number of aromatic nitrogens is 6. The molecule has 3 aromatic heterocycles. The van der Waals surface area contributed by atoms with Gasteiger partial charge in [-0.25, -0.2) is 14.8 Å². The van der Waals surface area contributed by atoms with Crippen LogP contribution in [0.15, 0.2) is 63.5 Å². The van der Waals surface area contributed by atoms with Gasteiger partial charge in [0.2, 0.25) is 5.95 Å². The van der Waals surface area contributed by atoms with E-state index >= 15 is 0 Å². The minimum Gasteiger partial charge on any atom is -0.341 e. The quantitative estimate of drug-likeness (QED) is 0.356. The lowest BCUT2D eigenvalue weighted by Crippen LogP contribution is -2.29. The monoisotopic (exact) mass is 423 g/mol. The Hall–Kier alpha value is -3.40. The van der Waals surface area contributed by atoms with E-state index in [0.717, 1.165) is 5.56 Å². The first-order chi connectivity index (χ1) is 14.5. The molecule has 30 heavy (non-hydrogen) atoms. The van der Waals surface area contributed by atoms with Crippen molar-refractivity contribution in [2.24, 2.45) is 7.05 Å². The third-order valence-electron chi connectivity index (χ3n) is 4.68. The van der Waals surface area contributed by atoms with Crippen LogP contribution in [-0.2, 0) is 20.1 Å². The summed E-state index contributed by atoms with van der Waals surface area (Å²) in [6.45, 7) is 1.13. The summed E-state index contributed by atoms with van der Waals surface area (Å²) in [7, 11) is 3.52. The minimum absolute atomic E-state index is 0.361. The van der Waals surface area contributed by atoms with E-state index in [4.69, 9.17) is 0 Å². The van der Waals surface area contributed by atoms with Gasteiger partial charge in [-0.3, -0.25) is 14.3 Å². The Morgan fingerprint density at radius 3 is 2.57 bits per heavy atom. The fraction of sp³-hybridized carbons (Fsp3) is 0.250. The van der Waals surface area contributed by atoms with Crippen LogP contribution < -0.4 is 16.1 Å². The number of H-pyrrole nitrogens is 1. The van der Waals surface area contributed by atoms with E-state index < -0.39 is 11.2 Å². The van der Waals surface area contributed by atoms with Gasteiger partial charge in [-0.05, 0) is 11.6 Å². The molecular formula is C20H21N7O2S. The second-order valence-electron chi connectivity index (χ2n) is 6.78. The highest BCUT2D eigenvalue weighted by Crippen LogP contribution is 2.22. The van der Waals surface area contributed by atoms with Crippen molar-refractivity contribution in [1.82, 2.24) is 29.1 Å². The first kappa shape index (κ1) is 19.9. The predicted molar refractivity (Wildman–Crippen MR) is 117 cm³/mol. The summed E-state index contributed by atoms with van der Waals surface area (Å²) in [6.07, 6.45) is 3.39. The maximum absolute atomic E-state index is 12.6. The second kappa shape index (κ2) is 8.54. The van der Waals surface area contributed by atoms with Gasteiger partial charge in [0.25, 0.3) is 5.56 Å². The SMILES string of the molecule is CN(Cc1ccccc1)c1nc2c(c(=O)[nH]c(=O)n2C)n1CCSc1ncccn1. The number of anilines is 1. The zero-order chi connectivity index (χ0) is 21.1. The molecule has 0 bridgehead atoms. The van der Waals surface area contributed by atoms with Gasteiger partial charge in [0.05, 0.1) is 0 Å². The summed E-state index contributed by atoms with van der Waals surface area (Å²) in [5, 5.41) is 0.669. The number of fused-ring (bicyclic) bond motifs is 1. The number of nitrogens with one attached hydrogen (secondary N) is 1. The van der Waals surface area contributed by atoms with Crippen molar-refractivity contribution in [2.45, 2.75) is 18.2 Å². The van der Waals surface area contributed by atoms with Crippen molar-refractivity contribution in [2.75, 3.05) is 17.7 Å². The van der Waals surface area contributed by atoms with Crippen molar-refractivity contribution in [3.8, 4) is 0 Å². The Balaban J connectivity index is 1.71. The highest BCUT2D eigenvalue weighted by atomic mass is 32.2. The number of hydrogen-bond acceptors (Lipinski definition) is 7. The van der Waals surface area contributed by atoms with Gasteiger partial charge < -0.3 is 9.47 Å². The highest BCUT2D eigenvalue weighted by molar-refractivity contribution is 7.99. The molecule has 0 fully saturated rings. The predicted octanol–water partition coefficient (Wildman–Crippen LogP) is 1.64. The molecule has 1 aromatic carbocycles. The number of aryl methyl sites for hydroxylation is 2. The summed E-state index contributed by atoms with van der Waals surface area (Å²) in [4.78, 5) is 42.1. The van der Waals surface area contributed by atoms with Gasteiger partial charge in [-0.1, -0.05) is 42.1 Å². The fourth-order valence-corrected chi connectivity index (χ4v) is 3.97. The average Bonchev–Trinajstić information content (AvgIpc) is 3.14. The van der Waals surface area contributed by atoms with Crippen LogP contribution in [0.5, 0.6) is 0 Å². The van der Waals surface area contributed by atoms with Crippen molar-refractivity contribution in [3.63, 3.8) is 0 Å². The lowest BCUT2D eigenvalue weighted by Gasteiger charge is -2.19. The van der Waals surface area contributed by atoms with Crippen LogP contribution in [0, 0.1) is 0 Å². The van der Waals surface area contributed by atoms with Gasteiger partial charge in [-0.15, -0.1) is 0 Å². The third kappa shape index (κ3) is 3.99. The molecule has 9 nitrogen and oxygen atoms in total. The second-order valence-corrected chi connectivity index (χ2v) is 7.84. The number of benzene rings is 1. The summed E-state index contributed by atoms with van der Waals surface area (Å²) >= 11 is 1.49. The zero-order valence-electron chi connectivity index (χ0n) is 16.6. The lowest BCUT2D eigenvalue weighted by atomic mass is 10.2. The van der Waals surface area contributed by atoms with E-state index in [9.17, 15) is 9.59 Å². The molecule has 0 radical (unpaired) electrons. The summed E-state index contributed by atoms with van der Waals surface area (Å²) in [5.41, 5.74) is 0.928. The molecule has 0 aliphatic heterocycles. The Bertz CT molecular complexity index is 1270. The number of rotatable bonds is 7. The fourth-order valence-electron chi connectivity index (χ4n) is 3.24. The Morgan fingerprint density at radius 2 is 1.83 bits per heavy atom. The standard InChI is InChI=1S/C20H21N7O2S/c1-25(13-14-7-4-3-5-8-14)19-23-16-15(17(28)24-20(29)26(16)2)27(19)11-12-30-18-21-9-6-10-22-18/h3-10H,11-13H2,1-2H3,(H,24,28,29). The molecule has 0 aliphatic carbocycles. The van der Waals surface area contributed by atoms with E-state index in [2.05, 4.69) is 19.9 Å². The molecule has 3 heterocycles. The Kier molecular flexibility index (Phi) is 5.66. The molecule has 0 aliphatic rings. The molecule has 10 heteroatoms. The van der Waals surface area contributed by atoms with Crippen molar-refractivity contribution in [3.05, 3.63) is 75.2 Å². The van der Waals surface area contributed by atoms with Gasteiger partial charge >= 0.3 is 5.69 Å². The molecule has 154 valence electrons. The van der Waals surface area contributed by atoms with Crippen LogP contribution in [0.4, 0.5) is 5.95 Å². The third-order valence-corrected chi connectivity index (χ3v) is 5.53. The zero-order valence-corrected chi connectivity index (χ0v) is 17.5. The molecular weight excluding hydrogens is 402 g/mol. The Labute approximate surface area is 176 Å². The van der Waals surface area contributed by atoms with Crippen LogP contribution in [0.3, 0.4) is 0 Å². The van der Waals surface area contributed by atoms with Crippen molar-refractivity contribution >= 4 is 28.9 Å². The van der Waals surface area contributed by atoms with Crippen LogP contribution in [0.2, 0.25) is 0 Å². The highest BCUT2D eigenvalue weighted by Gasteiger charge is 2.20. The molecule has 4 rings (SSSR count). The molecule has 4 aromatic rings. The summed E-state index contributed by atoms with van der Waals surface area (Å²) < 4.78 is 3.22. The van der Waals surface area contributed by atoms with Crippen molar-refractivity contribution in [1.29, 1.82) is 0 Å². The number of hydrogen-bond donors (Lipinski definition) is 1. The first-order valence-corrected chi connectivity index (χ1v) is 10.4. The molecule has 0 amide bonds. The number of thioether (sulfide) groups is 1. The molecule has 0 spiro atoms. The number of nitrogens with zero attached hydrogens (tertiary/aromatic N) is 6. The lowest BCUT2D eigenvalue weighted by molar-refractivity contribution is 0.744. The van der Waals surface area contributed by atoms with Crippen molar-refractivity contribution < 1.29 is 0 Å². The van der Waals surface area contributed by atoms with Crippen LogP contribution in [0.25, 0.3) is 11.2 Å². The van der Waals surface area contributed by atoms with E-state index in [1.807, 2.05) is 46.8 Å². The van der Waals surface area contributed by atoms with Gasteiger partial charge in [0, 0.05) is 45.3 Å². The minimum atomic E-state index is -0.485. The van der Waals surface area contributed by atoms with Crippen LogP contribution >= 0.6 is 11.8 Å². The number of aromatic amines is 1. The maximum Gasteiger partial charge on any atom is 0.329 e. The van der Waals surface area contributed by atoms with Gasteiger partial charge in [0.15, 0.2) is 16.3 Å². The van der Waals surface area contributed by atoms with E-state index in [0.29, 0.717) is 41.1 Å². The van der Waals surface area contributed by atoms with E-state index in [-0.39, 0.29) is 0 Å². The Morgan fingerprint density at radius 1 is 1.10 bits per heavy atom. The van der Waals surface area contributed by atoms with E-state index in [1.54, 1.807) is 25.5 Å². The smallest absolute Gasteiger partial charge is 0.329 e. The number of imidazole rings is 1. The molecule has 0 unspecified atom stereocenters. The summed E-state index contributed by atoms with van der Waals surface area (Å²) in [6, 6.07) is 11.8. The van der Waals surface area contributed by atoms with Crippen LogP contribution in [0.1, 0.15) is 5.56 Å². The molecule has 0 saturated carbocycles. The van der Waals surface area contributed by atoms with Gasteiger partial charge in [0.1, 0.15) is 0 Å². The summed E-state index contributed by atoms with van der Waals surface area (Å²) in [5.74, 6) is 1.26. The first-order valence-electron chi connectivity index (χ1n) is 9.39. The average molecular weight is 424 g/mol. The maximum atomic E-state index is 12.6. The topological polar surface area (TPSA) is 102 Å². The van der Waals surface area contributed by atoms with Gasteiger partial charge in [-0.2, -0.15) is 4.98 Å². The van der Waals surface area contributed by atoms with E-state index in [1.165, 1.54) is 16.3 Å². The normalized spacial score (nSPS) is 11.1. The molecule has 0 atom stereocenters. The van der Waals surface area contributed by atoms with Crippen LogP contribution in [-0.4, -0.2) is 41.9 Å². The largest absolute Gasteiger partial charge is 0.341 e. The molecule has 1 N–H and O–H groups in total. The molecule has 0 saturated heterocycles.